The summed E-state index contributed by atoms with van der Waals surface area (Å²) in [5.41, 5.74) is 0.626. The van der Waals surface area contributed by atoms with Gasteiger partial charge in [-0.15, -0.1) is 0 Å². The second-order valence-corrected chi connectivity index (χ2v) is 5.55. The van der Waals surface area contributed by atoms with Crippen LogP contribution in [0.3, 0.4) is 0 Å². The van der Waals surface area contributed by atoms with E-state index in [1.165, 1.54) is 6.42 Å². The molecule has 0 heterocycles. The first kappa shape index (κ1) is 14.7. The van der Waals surface area contributed by atoms with Crippen LogP contribution in [0.1, 0.15) is 50.9 Å². The Morgan fingerprint density at radius 2 is 1.67 bits per heavy atom. The minimum atomic E-state index is -0.222. The molecule has 0 bridgehead atoms. The van der Waals surface area contributed by atoms with E-state index in [0.717, 1.165) is 6.42 Å². The summed E-state index contributed by atoms with van der Waals surface area (Å²) in [4.78, 5) is 11.8. The lowest BCUT2D eigenvalue weighted by Gasteiger charge is -2.19. The Morgan fingerprint density at radius 3 is 2.22 bits per heavy atom. The fraction of sp³-hybridized carbons (Fsp3) is 0.562. The first-order valence-electron chi connectivity index (χ1n) is 6.75. The van der Waals surface area contributed by atoms with Crippen molar-refractivity contribution in [2.75, 3.05) is 0 Å². The molecule has 2 heteroatoms. The van der Waals surface area contributed by atoms with Crippen molar-refractivity contribution in [3.05, 3.63) is 35.9 Å². The molecule has 1 aromatic rings. The smallest absolute Gasteiger partial charge is 0.338 e. The van der Waals surface area contributed by atoms with Gasteiger partial charge in [-0.1, -0.05) is 39.0 Å². The molecule has 1 rings (SSSR count). The molecule has 2 atom stereocenters. The molecular weight excluding hydrogens is 224 g/mol. The van der Waals surface area contributed by atoms with E-state index in [1.807, 2.05) is 25.1 Å². The van der Waals surface area contributed by atoms with Gasteiger partial charge in [0.05, 0.1) is 11.7 Å². The first-order valence-corrected chi connectivity index (χ1v) is 6.75. The predicted octanol–water partition coefficient (Wildman–Crippen LogP) is 4.30. The molecule has 0 aromatic heterocycles. The number of benzene rings is 1. The standard InChI is InChI=1S/C16H24O2/c1-12(2)10-13(3)11-14(4)18-16(17)15-8-6-5-7-9-15/h5-9,12-14H,10-11H2,1-4H3/t13-,14+/m0/s1. The number of carbonyl (C=O) groups excluding carboxylic acids is 1. The zero-order chi connectivity index (χ0) is 13.5. The van der Waals surface area contributed by atoms with Crippen LogP contribution in [-0.4, -0.2) is 12.1 Å². The van der Waals surface area contributed by atoms with Crippen LogP contribution in [0.2, 0.25) is 0 Å². The highest BCUT2D eigenvalue weighted by atomic mass is 16.5. The minimum absolute atomic E-state index is 0.0218. The van der Waals surface area contributed by atoms with E-state index in [0.29, 0.717) is 17.4 Å². The molecule has 0 aliphatic rings. The van der Waals surface area contributed by atoms with Gasteiger partial charge in [0.2, 0.25) is 0 Å². The van der Waals surface area contributed by atoms with E-state index in [9.17, 15) is 4.79 Å². The lowest BCUT2D eigenvalue weighted by molar-refractivity contribution is 0.0288. The Kier molecular flexibility index (Phi) is 5.90. The fourth-order valence-electron chi connectivity index (χ4n) is 2.34. The zero-order valence-electron chi connectivity index (χ0n) is 11.8. The van der Waals surface area contributed by atoms with E-state index in [1.54, 1.807) is 12.1 Å². The number of ether oxygens (including phenoxy) is 1. The van der Waals surface area contributed by atoms with Gasteiger partial charge in [-0.05, 0) is 43.7 Å². The Labute approximate surface area is 110 Å². The van der Waals surface area contributed by atoms with Gasteiger partial charge < -0.3 is 4.74 Å². The minimum Gasteiger partial charge on any atom is -0.459 e. The van der Waals surface area contributed by atoms with Crippen molar-refractivity contribution in [3.63, 3.8) is 0 Å². The van der Waals surface area contributed by atoms with Crippen LogP contribution in [0.25, 0.3) is 0 Å². The molecule has 0 saturated carbocycles. The van der Waals surface area contributed by atoms with Gasteiger partial charge >= 0.3 is 5.97 Å². The van der Waals surface area contributed by atoms with E-state index in [4.69, 9.17) is 4.74 Å². The first-order chi connectivity index (χ1) is 8.49. The summed E-state index contributed by atoms with van der Waals surface area (Å²) in [7, 11) is 0. The van der Waals surface area contributed by atoms with Gasteiger partial charge in [-0.3, -0.25) is 0 Å². The maximum absolute atomic E-state index is 11.8. The Hall–Kier alpha value is -1.31. The van der Waals surface area contributed by atoms with Gasteiger partial charge in [0, 0.05) is 0 Å². The topological polar surface area (TPSA) is 26.3 Å². The molecular formula is C16H24O2. The zero-order valence-corrected chi connectivity index (χ0v) is 11.8. The van der Waals surface area contributed by atoms with Gasteiger partial charge in [0.15, 0.2) is 0 Å². The van der Waals surface area contributed by atoms with Gasteiger partial charge in [0.1, 0.15) is 0 Å². The van der Waals surface area contributed by atoms with Gasteiger partial charge in [-0.2, -0.15) is 0 Å². The van der Waals surface area contributed by atoms with Crippen LogP contribution in [0.4, 0.5) is 0 Å². The summed E-state index contributed by atoms with van der Waals surface area (Å²) >= 11 is 0. The van der Waals surface area contributed by atoms with E-state index in [2.05, 4.69) is 20.8 Å². The molecule has 18 heavy (non-hydrogen) atoms. The summed E-state index contributed by atoms with van der Waals surface area (Å²) in [6.45, 7) is 8.62. The van der Waals surface area contributed by atoms with Crippen molar-refractivity contribution in [2.24, 2.45) is 11.8 Å². The van der Waals surface area contributed by atoms with Crippen LogP contribution >= 0.6 is 0 Å². The summed E-state index contributed by atoms with van der Waals surface area (Å²) in [5.74, 6) is 1.06. The largest absolute Gasteiger partial charge is 0.459 e. The fourth-order valence-corrected chi connectivity index (χ4v) is 2.34. The highest BCUT2D eigenvalue weighted by Gasteiger charge is 2.15. The van der Waals surface area contributed by atoms with Crippen LogP contribution in [0.5, 0.6) is 0 Å². The molecule has 100 valence electrons. The molecule has 0 saturated heterocycles. The summed E-state index contributed by atoms with van der Waals surface area (Å²) < 4.78 is 5.45. The molecule has 1 aromatic carbocycles. The lowest BCUT2D eigenvalue weighted by Crippen LogP contribution is -2.18. The van der Waals surface area contributed by atoms with Gasteiger partial charge in [0.25, 0.3) is 0 Å². The molecule has 0 fully saturated rings. The molecule has 0 amide bonds. The molecule has 0 unspecified atom stereocenters. The van der Waals surface area contributed by atoms with E-state index >= 15 is 0 Å². The summed E-state index contributed by atoms with van der Waals surface area (Å²) in [6, 6.07) is 9.16. The van der Waals surface area contributed by atoms with E-state index < -0.39 is 0 Å². The molecule has 0 radical (unpaired) electrons. The Balaban J connectivity index is 2.40. The Bertz CT molecular complexity index is 357. The predicted molar refractivity (Wildman–Crippen MR) is 74.6 cm³/mol. The molecule has 2 nitrogen and oxygen atoms in total. The summed E-state index contributed by atoms with van der Waals surface area (Å²) in [6.07, 6.45) is 2.08. The third-order valence-corrected chi connectivity index (χ3v) is 2.93. The number of esters is 1. The van der Waals surface area contributed by atoms with Crippen molar-refractivity contribution in [3.8, 4) is 0 Å². The third-order valence-electron chi connectivity index (χ3n) is 2.93. The summed E-state index contributed by atoms with van der Waals surface area (Å²) in [5, 5.41) is 0. The Morgan fingerprint density at radius 1 is 1.06 bits per heavy atom. The monoisotopic (exact) mass is 248 g/mol. The third kappa shape index (κ3) is 5.35. The maximum atomic E-state index is 11.8. The normalized spacial score (nSPS) is 14.3. The number of hydrogen-bond donors (Lipinski definition) is 0. The van der Waals surface area contributed by atoms with Crippen LogP contribution in [0, 0.1) is 11.8 Å². The maximum Gasteiger partial charge on any atom is 0.338 e. The average Bonchev–Trinajstić information content (AvgIpc) is 2.28. The second-order valence-electron chi connectivity index (χ2n) is 5.55. The number of rotatable bonds is 6. The van der Waals surface area contributed by atoms with Crippen molar-refractivity contribution in [1.82, 2.24) is 0 Å². The van der Waals surface area contributed by atoms with Crippen molar-refractivity contribution >= 4 is 5.97 Å². The van der Waals surface area contributed by atoms with E-state index in [-0.39, 0.29) is 12.1 Å². The van der Waals surface area contributed by atoms with Crippen LogP contribution in [0.15, 0.2) is 30.3 Å². The molecule has 0 spiro atoms. The molecule has 0 aliphatic carbocycles. The van der Waals surface area contributed by atoms with Crippen LogP contribution < -0.4 is 0 Å². The highest BCUT2D eigenvalue weighted by Crippen LogP contribution is 2.18. The van der Waals surface area contributed by atoms with Gasteiger partial charge in [-0.25, -0.2) is 4.79 Å². The highest BCUT2D eigenvalue weighted by molar-refractivity contribution is 5.89. The average molecular weight is 248 g/mol. The number of hydrogen-bond acceptors (Lipinski definition) is 2. The van der Waals surface area contributed by atoms with Crippen molar-refractivity contribution in [1.29, 1.82) is 0 Å². The SMILES string of the molecule is CC(C)C[C@H](C)C[C@@H](C)OC(=O)c1ccccc1. The molecule has 0 N–H and O–H groups in total. The number of carbonyl (C=O) groups is 1. The molecule has 0 aliphatic heterocycles. The van der Waals surface area contributed by atoms with Crippen molar-refractivity contribution < 1.29 is 9.53 Å². The lowest BCUT2D eigenvalue weighted by atomic mass is 9.94. The second kappa shape index (κ2) is 7.20. The van der Waals surface area contributed by atoms with Crippen molar-refractivity contribution in [2.45, 2.75) is 46.6 Å². The quantitative estimate of drug-likeness (QED) is 0.701. The van der Waals surface area contributed by atoms with Crippen LogP contribution in [-0.2, 0) is 4.74 Å².